The molecule has 42 heteroatoms. The summed E-state index contributed by atoms with van der Waals surface area (Å²) in [5.74, 6) is -12.9. The second-order valence-corrected chi connectivity index (χ2v) is 35.0. The van der Waals surface area contributed by atoms with Gasteiger partial charge in [0.25, 0.3) is 16.7 Å². The van der Waals surface area contributed by atoms with E-state index in [1.54, 1.807) is 87.0 Å². The summed E-state index contributed by atoms with van der Waals surface area (Å²) in [4.78, 5) is 117. The molecule has 0 atom stereocenters. The standard InChI is InChI=1S/C31H26Cl3F2N7O2.2C31H26Cl2F3N7O2/c1-5-19(44)41-8-10-42(11-9-41)29-16-12-18(32)27(20-23(35)21(33)24(36)22(34)25(20)38)40-30(16)43(31(45)17(29)13-37)28-15(4)6-7-39-26(28)14(2)3;1-5-19(44)41-8-10-42(11-9-41)29-16-12-18(32)27(20-22(34)21(33)24(36)25(38)23(20)35)40-30(16)43(31(45)17(29)13-37)28-15(4)6-7-39-26(28)14(2)3;1-5-19(44)41-8-10-42(11-9-41)29-16-12-18(32)27(20-21(33)23(35)24(36)25(38)22(20)34)40-30(16)43(31(45)17(29)13-37)28-15(4)6-7-39-26(28)14(2)3/h3*5-7,12,14H,1,8-11,38H2,2-4H3. The number of nitriles is 3. The molecule has 0 saturated carbocycles. The highest BCUT2D eigenvalue weighted by Crippen LogP contribution is 2.49. The Morgan fingerprint density at radius 1 is 0.378 bits per heavy atom. The molecule has 15 rings (SSSR count). The number of hydrogen-bond acceptors (Lipinski definition) is 21. The van der Waals surface area contributed by atoms with E-state index < -0.39 is 128 Å². The molecule has 135 heavy (non-hydrogen) atoms. The van der Waals surface area contributed by atoms with E-state index in [-0.39, 0.29) is 183 Å². The number of carbonyl (C=O) groups is 3. The fourth-order valence-corrected chi connectivity index (χ4v) is 18.1. The highest BCUT2D eigenvalue weighted by molar-refractivity contribution is 6.39. The van der Waals surface area contributed by atoms with Gasteiger partial charge in [-0.2, -0.15) is 15.8 Å². The lowest BCUT2D eigenvalue weighted by molar-refractivity contribution is -0.127. The van der Waals surface area contributed by atoms with Crippen LogP contribution in [-0.2, 0) is 14.4 Å². The number of aryl methyl sites for hydroxylation is 3. The minimum Gasteiger partial charge on any atom is -0.397 e. The van der Waals surface area contributed by atoms with Gasteiger partial charge in [0.1, 0.15) is 78.3 Å². The Morgan fingerprint density at radius 3 is 0.963 bits per heavy atom. The highest BCUT2D eigenvalue weighted by atomic mass is 35.5. The van der Waals surface area contributed by atoms with Crippen molar-refractivity contribution in [3.8, 4) is 69.0 Å². The first-order valence-corrected chi connectivity index (χ1v) is 43.9. The van der Waals surface area contributed by atoms with Gasteiger partial charge in [-0.3, -0.25) is 57.4 Å². The Balaban J connectivity index is 0.000000171. The second-order valence-electron chi connectivity index (χ2n) is 32.2. The molecule has 3 saturated heterocycles. The van der Waals surface area contributed by atoms with E-state index >= 15 is 17.6 Å². The summed E-state index contributed by atoms with van der Waals surface area (Å²) in [5, 5.41) is 27.6. The maximum atomic E-state index is 15.5. The SMILES string of the molecule is C=CC(=O)N1CCN(c2c(C#N)c(=O)n(-c3c(C)ccnc3C(C)C)c3nc(-c4c(F)c(N)c(F)c(Cl)c4F)c(Cl)cc23)CC1.C=CC(=O)N1CCN(c2c(C#N)c(=O)n(-c3c(C)ccnc3C(C)C)c3nc(-c4c(F)c(N)c(F)c(F)c4Cl)c(Cl)cc23)CC1.C=CC(=O)N1CCN(c2c(C#N)c(=O)n(-c3c(C)ccnc3C(C)C)c3nc(-c4c(N)c(Cl)c(F)c(Cl)c4F)c(Cl)cc23)CC1. The number of carbonyl (C=O) groups excluding carboxylic acids is 3. The van der Waals surface area contributed by atoms with Crippen molar-refractivity contribution in [3.05, 3.63) is 256 Å². The number of benzene rings is 3. The number of halogens is 15. The molecule has 0 unspecified atom stereocenters. The fraction of sp³-hybridized carbons (Fsp3) is 0.258. The predicted molar refractivity (Wildman–Crippen MR) is 507 cm³/mol. The van der Waals surface area contributed by atoms with Crippen LogP contribution in [0.2, 0.25) is 35.2 Å². The first kappa shape index (κ1) is 99.0. The molecule has 0 aliphatic carbocycles. The molecule has 3 aliphatic heterocycles. The number of nitrogens with two attached hydrogens (primary N) is 3. The van der Waals surface area contributed by atoms with Crippen LogP contribution < -0.4 is 48.6 Å². The van der Waals surface area contributed by atoms with Gasteiger partial charge in [0.2, 0.25) is 17.7 Å². The topological polar surface area (TPSA) is 363 Å². The molecule has 3 amide bonds. The monoisotopic (exact) mass is 1980 g/mol. The number of rotatable bonds is 15. The van der Waals surface area contributed by atoms with Crippen LogP contribution in [0.1, 0.15) is 110 Å². The summed E-state index contributed by atoms with van der Waals surface area (Å²) in [6.45, 7) is 30.3. The predicted octanol–water partition coefficient (Wildman–Crippen LogP) is 18.2. The Morgan fingerprint density at radius 2 is 0.659 bits per heavy atom. The maximum absolute atomic E-state index is 15.5. The third kappa shape index (κ3) is 17.6. The third-order valence-electron chi connectivity index (χ3n) is 23.2. The second kappa shape index (κ2) is 39.6. The molecule has 3 aromatic carbocycles. The van der Waals surface area contributed by atoms with E-state index in [0.717, 1.165) is 0 Å². The van der Waals surface area contributed by atoms with Crippen LogP contribution in [0.5, 0.6) is 0 Å². The molecule has 0 bridgehead atoms. The Kier molecular flexibility index (Phi) is 29.1. The summed E-state index contributed by atoms with van der Waals surface area (Å²) < 4.78 is 123. The van der Waals surface area contributed by atoms with Crippen molar-refractivity contribution in [1.82, 2.24) is 58.3 Å². The van der Waals surface area contributed by atoms with Crippen molar-refractivity contribution < 1.29 is 49.5 Å². The number of hydrogen-bond donors (Lipinski definition) is 3. The van der Waals surface area contributed by atoms with Crippen molar-refractivity contribution >= 4 is 166 Å². The Bertz CT molecular complexity index is 6650. The normalized spacial score (nSPS) is 13.4. The smallest absolute Gasteiger partial charge is 0.276 e. The van der Waals surface area contributed by atoms with Crippen molar-refractivity contribution in [2.45, 2.75) is 80.1 Å². The molecule has 27 nitrogen and oxygen atoms in total. The lowest BCUT2D eigenvalue weighted by atomic mass is 10.0. The first-order valence-electron chi connectivity index (χ1n) is 41.3. The van der Waals surface area contributed by atoms with E-state index in [2.05, 4.69) is 55.7 Å². The van der Waals surface area contributed by atoms with Crippen molar-refractivity contribution in [3.63, 3.8) is 0 Å². The van der Waals surface area contributed by atoms with Crippen molar-refractivity contribution in [2.24, 2.45) is 0 Å². The van der Waals surface area contributed by atoms with Gasteiger partial charge in [0.05, 0.1) is 111 Å². The highest BCUT2D eigenvalue weighted by Gasteiger charge is 2.38. The number of nitrogens with zero attached hydrogens (tertiary/aromatic N) is 18. The van der Waals surface area contributed by atoms with Crippen molar-refractivity contribution in [1.29, 1.82) is 15.8 Å². The summed E-state index contributed by atoms with van der Waals surface area (Å²) >= 11 is 43.9. The molecule has 0 spiro atoms. The minimum atomic E-state index is -1.67. The lowest BCUT2D eigenvalue weighted by Gasteiger charge is -2.36. The number of fused-ring (bicyclic) bond motifs is 3. The van der Waals surface area contributed by atoms with Gasteiger partial charge in [0, 0.05) is 113 Å². The quantitative estimate of drug-likeness (QED) is 0.0282. The summed E-state index contributed by atoms with van der Waals surface area (Å²) in [6.07, 6.45) is 8.40. The summed E-state index contributed by atoms with van der Waals surface area (Å²) in [5.41, 5.74) is 13.4. The van der Waals surface area contributed by atoms with Crippen LogP contribution in [0, 0.1) is 101 Å². The third-order valence-corrected chi connectivity index (χ3v) is 25.4. The van der Waals surface area contributed by atoms with E-state index in [9.17, 15) is 62.1 Å². The lowest BCUT2D eigenvalue weighted by Crippen LogP contribution is -2.49. The minimum absolute atomic E-state index is 0.00590. The van der Waals surface area contributed by atoms with Gasteiger partial charge < -0.3 is 46.6 Å². The zero-order chi connectivity index (χ0) is 98.7. The number of amides is 3. The molecule has 696 valence electrons. The van der Waals surface area contributed by atoms with Gasteiger partial charge in [-0.25, -0.2) is 50.1 Å². The number of nitrogen functional groups attached to an aromatic ring is 3. The van der Waals surface area contributed by atoms with E-state index in [0.29, 0.717) is 69.3 Å². The van der Waals surface area contributed by atoms with Gasteiger partial charge >= 0.3 is 0 Å². The number of pyridine rings is 9. The molecule has 12 aromatic rings. The average molecular weight is 1990 g/mol. The van der Waals surface area contributed by atoms with E-state index in [4.69, 9.17) is 98.4 Å². The van der Waals surface area contributed by atoms with Crippen molar-refractivity contribution in [2.75, 3.05) is 110 Å². The first-order chi connectivity index (χ1) is 64.0. The van der Waals surface area contributed by atoms with E-state index in [1.165, 1.54) is 50.1 Å². The zero-order valence-corrected chi connectivity index (χ0v) is 78.5. The van der Waals surface area contributed by atoms with Crippen LogP contribution in [0.3, 0.4) is 0 Å². The molecule has 3 fully saturated rings. The Hall–Kier alpha value is -13.4. The van der Waals surface area contributed by atoms with Crippen LogP contribution in [-0.4, -0.2) is 155 Å². The van der Waals surface area contributed by atoms with E-state index in [1.807, 2.05) is 53.7 Å². The molecular formula is C93H78Cl7F8N21O6. The van der Waals surface area contributed by atoms with Gasteiger partial charge in [-0.15, -0.1) is 0 Å². The molecular weight excluding hydrogens is 1910 g/mol. The summed E-state index contributed by atoms with van der Waals surface area (Å²) in [7, 11) is 0. The van der Waals surface area contributed by atoms with Crippen LogP contribution >= 0.6 is 81.2 Å². The zero-order valence-electron chi connectivity index (χ0n) is 73.2. The van der Waals surface area contributed by atoms with Crippen LogP contribution in [0.25, 0.3) is 83.9 Å². The molecule has 0 radical (unpaired) electrons. The average Bonchev–Trinajstić information content (AvgIpc) is 0.728. The molecule has 6 N–H and O–H groups in total. The van der Waals surface area contributed by atoms with Crippen LogP contribution in [0.15, 0.2) is 107 Å². The Labute approximate surface area is 800 Å². The fourth-order valence-electron chi connectivity index (χ4n) is 16.5. The molecule has 9 aromatic heterocycles. The van der Waals surface area contributed by atoms with Crippen LogP contribution in [0.4, 0.5) is 69.2 Å². The maximum Gasteiger partial charge on any atom is 0.276 e. The van der Waals surface area contributed by atoms with Gasteiger partial charge in [-0.05, 0) is 110 Å². The molecule has 3 aliphatic rings. The number of aromatic nitrogens is 9. The van der Waals surface area contributed by atoms with Gasteiger partial charge in [0.15, 0.2) is 46.5 Å². The summed E-state index contributed by atoms with van der Waals surface area (Å²) in [6, 6.07) is 15.3. The number of piperazine rings is 3. The largest absolute Gasteiger partial charge is 0.397 e. The number of anilines is 6. The van der Waals surface area contributed by atoms with Gasteiger partial charge in [-0.1, -0.05) is 142 Å². The molecule has 12 heterocycles.